The quantitative estimate of drug-likeness (QED) is 0.924. The summed E-state index contributed by atoms with van der Waals surface area (Å²) in [5.74, 6) is 1.46. The average Bonchev–Trinajstić information content (AvgIpc) is 2.72. The van der Waals surface area contributed by atoms with Gasteiger partial charge in [-0.15, -0.1) is 0 Å². The van der Waals surface area contributed by atoms with Crippen LogP contribution in [0.3, 0.4) is 0 Å². The third kappa shape index (κ3) is 3.14. The van der Waals surface area contributed by atoms with Crippen molar-refractivity contribution in [2.75, 3.05) is 11.9 Å². The van der Waals surface area contributed by atoms with E-state index in [1.54, 1.807) is 6.20 Å². The van der Waals surface area contributed by atoms with Gasteiger partial charge in [0, 0.05) is 18.3 Å². The number of aryl methyl sites for hydroxylation is 1. The van der Waals surface area contributed by atoms with Gasteiger partial charge in [-0.2, -0.15) is 0 Å². The highest BCUT2D eigenvalue weighted by Gasteiger charge is 2.08. The molecule has 2 heterocycles. The summed E-state index contributed by atoms with van der Waals surface area (Å²) in [5, 5.41) is 3.99. The maximum absolute atomic E-state index is 5.86. The Hall–Kier alpha value is -1.20. The summed E-state index contributed by atoms with van der Waals surface area (Å²) in [6.07, 6.45) is 2.67. The van der Waals surface area contributed by atoms with Crippen LogP contribution in [0.15, 0.2) is 12.3 Å². The van der Waals surface area contributed by atoms with Crippen LogP contribution in [-0.2, 0) is 0 Å². The monoisotopic (exact) mass is 268 g/mol. The zero-order valence-electron chi connectivity index (χ0n) is 9.70. The fourth-order valence-corrected chi connectivity index (χ4v) is 2.21. The van der Waals surface area contributed by atoms with Crippen LogP contribution in [0.5, 0.6) is 0 Å². The highest BCUT2D eigenvalue weighted by atomic mass is 35.5. The number of nitrogens with zero attached hydrogens (tertiary/aromatic N) is 3. The van der Waals surface area contributed by atoms with E-state index in [0.29, 0.717) is 10.2 Å². The van der Waals surface area contributed by atoms with Crippen LogP contribution >= 0.6 is 22.9 Å². The lowest BCUT2D eigenvalue weighted by molar-refractivity contribution is 0.962. The first-order valence-corrected chi connectivity index (χ1v) is 6.59. The lowest BCUT2D eigenvalue weighted by Gasteiger charge is -2.05. The average molecular weight is 269 g/mol. The number of aromatic nitrogens is 3. The number of nitrogens with one attached hydrogen (secondary N) is 1. The lowest BCUT2D eigenvalue weighted by atomic mass is 10.4. The van der Waals surface area contributed by atoms with Gasteiger partial charge in [0.15, 0.2) is 10.8 Å². The Balaban J connectivity index is 2.31. The summed E-state index contributed by atoms with van der Waals surface area (Å²) in [6, 6.07) is 1.92. The highest BCUT2D eigenvalue weighted by Crippen LogP contribution is 2.26. The van der Waals surface area contributed by atoms with Crippen molar-refractivity contribution in [2.45, 2.75) is 20.3 Å². The Bertz CT molecular complexity index is 512. The van der Waals surface area contributed by atoms with Crippen molar-refractivity contribution in [3.63, 3.8) is 0 Å². The minimum absolute atomic E-state index is 0.625. The molecule has 0 amide bonds. The first kappa shape index (κ1) is 12.3. The Morgan fingerprint density at radius 2 is 2.24 bits per heavy atom. The van der Waals surface area contributed by atoms with E-state index in [1.807, 2.05) is 13.0 Å². The molecule has 2 aromatic heterocycles. The van der Waals surface area contributed by atoms with E-state index < -0.39 is 0 Å². The van der Waals surface area contributed by atoms with E-state index in [0.717, 1.165) is 29.5 Å². The molecule has 90 valence electrons. The second kappa shape index (κ2) is 5.42. The van der Waals surface area contributed by atoms with Crippen molar-refractivity contribution < 1.29 is 0 Å². The van der Waals surface area contributed by atoms with Crippen LogP contribution in [-0.4, -0.2) is 21.5 Å². The summed E-state index contributed by atoms with van der Waals surface area (Å²) in [6.45, 7) is 4.95. The molecule has 0 aliphatic carbocycles. The lowest BCUT2D eigenvalue weighted by Crippen LogP contribution is -2.04. The van der Waals surface area contributed by atoms with Crippen LogP contribution in [0.1, 0.15) is 19.0 Å². The maximum Gasteiger partial charge on any atom is 0.190 e. The topological polar surface area (TPSA) is 50.7 Å². The third-order valence-electron chi connectivity index (χ3n) is 2.08. The molecule has 6 heteroatoms. The molecule has 0 saturated carbocycles. The summed E-state index contributed by atoms with van der Waals surface area (Å²) in [7, 11) is 0. The summed E-state index contributed by atoms with van der Waals surface area (Å²) in [4.78, 5) is 13.0. The zero-order chi connectivity index (χ0) is 12.3. The van der Waals surface area contributed by atoms with E-state index >= 15 is 0 Å². The molecule has 0 aromatic carbocycles. The molecule has 0 fully saturated rings. The molecule has 0 saturated heterocycles. The normalized spacial score (nSPS) is 10.5. The summed E-state index contributed by atoms with van der Waals surface area (Å²) < 4.78 is 0.646. The predicted octanol–water partition coefficient (Wildman–Crippen LogP) is 3.38. The largest absolute Gasteiger partial charge is 0.370 e. The van der Waals surface area contributed by atoms with Gasteiger partial charge in [0.2, 0.25) is 0 Å². The zero-order valence-corrected chi connectivity index (χ0v) is 11.3. The molecule has 17 heavy (non-hydrogen) atoms. The van der Waals surface area contributed by atoms with Crippen molar-refractivity contribution in [3.05, 3.63) is 22.3 Å². The number of rotatable bonds is 4. The van der Waals surface area contributed by atoms with Gasteiger partial charge in [0.25, 0.3) is 0 Å². The summed E-state index contributed by atoms with van der Waals surface area (Å²) >= 11 is 7.24. The van der Waals surface area contributed by atoms with Crippen molar-refractivity contribution in [3.8, 4) is 10.8 Å². The third-order valence-corrected chi connectivity index (χ3v) is 3.19. The molecule has 2 aromatic rings. The van der Waals surface area contributed by atoms with E-state index in [2.05, 4.69) is 27.2 Å². The molecule has 0 atom stereocenters. The van der Waals surface area contributed by atoms with Crippen LogP contribution in [0.2, 0.25) is 4.34 Å². The van der Waals surface area contributed by atoms with E-state index in [4.69, 9.17) is 11.6 Å². The van der Waals surface area contributed by atoms with Crippen molar-refractivity contribution >= 4 is 28.8 Å². The fraction of sp³-hybridized carbons (Fsp3) is 0.364. The van der Waals surface area contributed by atoms with Gasteiger partial charge in [-0.3, -0.25) is 0 Å². The molecule has 4 nitrogen and oxygen atoms in total. The second-order valence-corrected chi connectivity index (χ2v) is 5.28. The number of halogens is 1. The minimum atomic E-state index is 0.625. The van der Waals surface area contributed by atoms with Crippen LogP contribution in [0.4, 0.5) is 5.82 Å². The Morgan fingerprint density at radius 1 is 1.41 bits per heavy atom. The number of anilines is 1. The van der Waals surface area contributed by atoms with E-state index in [9.17, 15) is 0 Å². The Labute approximate surface area is 109 Å². The maximum atomic E-state index is 5.86. The second-order valence-electron chi connectivity index (χ2n) is 3.61. The molecule has 0 aliphatic heterocycles. The van der Waals surface area contributed by atoms with E-state index in [-0.39, 0.29) is 0 Å². The molecule has 0 spiro atoms. The number of hydrogen-bond acceptors (Lipinski definition) is 5. The van der Waals surface area contributed by atoms with Gasteiger partial charge in [-0.1, -0.05) is 29.9 Å². The first-order chi connectivity index (χ1) is 8.19. The van der Waals surface area contributed by atoms with Crippen molar-refractivity contribution in [1.29, 1.82) is 0 Å². The molecule has 0 aliphatic rings. The SMILES string of the molecule is CCCNc1cc(C)nc(-c2ncc(Cl)s2)n1. The van der Waals surface area contributed by atoms with E-state index in [1.165, 1.54) is 11.3 Å². The highest BCUT2D eigenvalue weighted by molar-refractivity contribution is 7.18. The molecule has 1 N–H and O–H groups in total. The number of thiazole rings is 1. The number of hydrogen-bond donors (Lipinski definition) is 1. The molecule has 0 bridgehead atoms. The minimum Gasteiger partial charge on any atom is -0.370 e. The van der Waals surface area contributed by atoms with Crippen molar-refractivity contribution in [2.24, 2.45) is 0 Å². The predicted molar refractivity (Wildman–Crippen MR) is 71.7 cm³/mol. The van der Waals surface area contributed by atoms with Gasteiger partial charge in [-0.05, 0) is 13.3 Å². The molecular weight excluding hydrogens is 256 g/mol. The summed E-state index contributed by atoms with van der Waals surface area (Å²) in [5.41, 5.74) is 0.917. The molecule has 0 radical (unpaired) electrons. The van der Waals surface area contributed by atoms with Gasteiger partial charge in [-0.25, -0.2) is 15.0 Å². The van der Waals surface area contributed by atoms with Gasteiger partial charge in [0.05, 0.1) is 6.20 Å². The Morgan fingerprint density at radius 3 is 2.88 bits per heavy atom. The molecule has 2 rings (SSSR count). The van der Waals surface area contributed by atoms with Crippen LogP contribution in [0, 0.1) is 6.92 Å². The fourth-order valence-electron chi connectivity index (χ4n) is 1.37. The smallest absolute Gasteiger partial charge is 0.190 e. The van der Waals surface area contributed by atoms with Crippen molar-refractivity contribution in [1.82, 2.24) is 15.0 Å². The standard InChI is InChI=1S/C11H13ClN4S/c1-3-4-13-9-5-7(2)15-10(16-9)11-14-6-8(12)17-11/h5-6H,3-4H2,1-2H3,(H,13,15,16). The Kier molecular flexibility index (Phi) is 3.91. The van der Waals surface area contributed by atoms with Gasteiger partial charge < -0.3 is 5.32 Å². The molecule has 0 unspecified atom stereocenters. The van der Waals surface area contributed by atoms with Crippen LogP contribution < -0.4 is 5.32 Å². The van der Waals surface area contributed by atoms with Gasteiger partial charge in [0.1, 0.15) is 10.2 Å². The molecular formula is C11H13ClN4S. The van der Waals surface area contributed by atoms with Gasteiger partial charge >= 0.3 is 0 Å². The van der Waals surface area contributed by atoms with Crippen LogP contribution in [0.25, 0.3) is 10.8 Å². The first-order valence-electron chi connectivity index (χ1n) is 5.40.